The zero-order valence-electron chi connectivity index (χ0n) is 11.4. The van der Waals surface area contributed by atoms with Gasteiger partial charge in [-0.25, -0.2) is 8.42 Å². The Morgan fingerprint density at radius 1 is 1.48 bits per heavy atom. The standard InChI is InChI=1S/C12H16FN3O4S/c1-8-4-3-7-15(12(8)14)21(19,20)10-6-2-5-9(13)11(10)16(17)18/h2,5-6,8,12H,3-4,7,14H2,1H3. The number of nitrogens with two attached hydrogens (primary N) is 1. The average Bonchev–Trinajstić information content (AvgIpc) is 2.41. The summed E-state index contributed by atoms with van der Waals surface area (Å²) < 4.78 is 39.8. The maximum Gasteiger partial charge on any atom is 0.324 e. The number of sulfonamides is 1. The van der Waals surface area contributed by atoms with Crippen molar-refractivity contribution >= 4 is 15.7 Å². The molecular formula is C12H16FN3O4S. The molecule has 1 saturated heterocycles. The molecule has 0 radical (unpaired) electrons. The molecule has 1 aromatic carbocycles. The van der Waals surface area contributed by atoms with Crippen LogP contribution >= 0.6 is 0 Å². The molecule has 21 heavy (non-hydrogen) atoms. The Morgan fingerprint density at radius 3 is 2.76 bits per heavy atom. The van der Waals surface area contributed by atoms with Crippen LogP contribution in [0, 0.1) is 21.8 Å². The molecular weight excluding hydrogens is 301 g/mol. The van der Waals surface area contributed by atoms with Gasteiger partial charge in [0.1, 0.15) is 0 Å². The van der Waals surface area contributed by atoms with Crippen LogP contribution in [0.5, 0.6) is 0 Å². The van der Waals surface area contributed by atoms with Crippen LogP contribution in [-0.2, 0) is 10.0 Å². The molecule has 7 nitrogen and oxygen atoms in total. The first kappa shape index (κ1) is 15.8. The zero-order valence-corrected chi connectivity index (χ0v) is 12.2. The van der Waals surface area contributed by atoms with Gasteiger partial charge in [0.05, 0.1) is 11.1 Å². The number of rotatable bonds is 3. The molecule has 116 valence electrons. The Labute approximate surface area is 121 Å². The van der Waals surface area contributed by atoms with Gasteiger partial charge in [-0.1, -0.05) is 13.0 Å². The second kappa shape index (κ2) is 5.66. The summed E-state index contributed by atoms with van der Waals surface area (Å²) >= 11 is 0. The van der Waals surface area contributed by atoms with E-state index in [0.717, 1.165) is 28.9 Å². The number of nitrogens with zero attached hydrogens (tertiary/aromatic N) is 2. The highest BCUT2D eigenvalue weighted by Crippen LogP contribution is 2.32. The molecule has 9 heteroatoms. The van der Waals surface area contributed by atoms with Gasteiger partial charge in [0.2, 0.25) is 5.82 Å². The third-order valence-corrected chi connectivity index (χ3v) is 5.60. The van der Waals surface area contributed by atoms with Crippen LogP contribution in [0.2, 0.25) is 0 Å². The summed E-state index contributed by atoms with van der Waals surface area (Å²) in [4.78, 5) is 9.29. The van der Waals surface area contributed by atoms with Gasteiger partial charge in [0.25, 0.3) is 10.0 Å². The predicted molar refractivity (Wildman–Crippen MR) is 73.3 cm³/mol. The Bertz CT molecular complexity index is 664. The van der Waals surface area contributed by atoms with E-state index in [-0.39, 0.29) is 12.5 Å². The van der Waals surface area contributed by atoms with Crippen LogP contribution in [0.3, 0.4) is 0 Å². The highest BCUT2D eigenvalue weighted by Gasteiger charge is 2.39. The number of hydrogen-bond acceptors (Lipinski definition) is 5. The van der Waals surface area contributed by atoms with Crippen molar-refractivity contribution in [3.05, 3.63) is 34.1 Å². The van der Waals surface area contributed by atoms with Crippen molar-refractivity contribution in [3.8, 4) is 0 Å². The highest BCUT2D eigenvalue weighted by atomic mass is 32.2. The maximum absolute atomic E-state index is 13.6. The Morgan fingerprint density at radius 2 is 2.14 bits per heavy atom. The van der Waals surface area contributed by atoms with Crippen molar-refractivity contribution in [2.45, 2.75) is 30.8 Å². The van der Waals surface area contributed by atoms with Crippen molar-refractivity contribution in [3.63, 3.8) is 0 Å². The van der Waals surface area contributed by atoms with Crippen LogP contribution in [-0.4, -0.2) is 30.4 Å². The lowest BCUT2D eigenvalue weighted by Crippen LogP contribution is -2.52. The molecule has 1 heterocycles. The van der Waals surface area contributed by atoms with E-state index in [1.165, 1.54) is 0 Å². The number of hydrogen-bond donors (Lipinski definition) is 1. The SMILES string of the molecule is CC1CCCN(S(=O)(=O)c2cccc(F)c2[N+](=O)[O-])C1N. The van der Waals surface area contributed by atoms with Gasteiger partial charge >= 0.3 is 5.69 Å². The molecule has 0 bridgehead atoms. The molecule has 0 amide bonds. The number of halogens is 1. The van der Waals surface area contributed by atoms with E-state index in [2.05, 4.69) is 0 Å². The molecule has 1 aliphatic heterocycles. The lowest BCUT2D eigenvalue weighted by molar-refractivity contribution is -0.390. The third-order valence-electron chi connectivity index (χ3n) is 3.67. The summed E-state index contributed by atoms with van der Waals surface area (Å²) in [7, 11) is -4.22. The molecule has 2 unspecified atom stereocenters. The Balaban J connectivity index is 2.55. The van der Waals surface area contributed by atoms with Gasteiger partial charge in [-0.3, -0.25) is 10.1 Å². The van der Waals surface area contributed by atoms with E-state index >= 15 is 0 Å². The summed E-state index contributed by atoms with van der Waals surface area (Å²) in [5, 5.41) is 11.0. The van der Waals surface area contributed by atoms with Crippen LogP contribution < -0.4 is 5.73 Å². The molecule has 2 rings (SSSR count). The molecule has 1 aromatic rings. The summed E-state index contributed by atoms with van der Waals surface area (Å²) in [6.45, 7) is 1.98. The fraction of sp³-hybridized carbons (Fsp3) is 0.500. The molecule has 0 aliphatic carbocycles. The van der Waals surface area contributed by atoms with Crippen molar-refractivity contribution in [1.82, 2.24) is 4.31 Å². The topological polar surface area (TPSA) is 107 Å². The summed E-state index contributed by atoms with van der Waals surface area (Å²) in [6, 6.07) is 3.02. The number of benzene rings is 1. The zero-order chi connectivity index (χ0) is 15.8. The lowest BCUT2D eigenvalue weighted by Gasteiger charge is -2.36. The summed E-state index contributed by atoms with van der Waals surface area (Å²) in [5.74, 6) is -1.25. The summed E-state index contributed by atoms with van der Waals surface area (Å²) in [6.07, 6.45) is 0.613. The molecule has 2 atom stereocenters. The number of piperidine rings is 1. The van der Waals surface area contributed by atoms with Crippen LogP contribution in [0.1, 0.15) is 19.8 Å². The number of nitro benzene ring substituents is 1. The van der Waals surface area contributed by atoms with E-state index in [1.54, 1.807) is 0 Å². The van der Waals surface area contributed by atoms with Gasteiger partial charge < -0.3 is 5.73 Å². The minimum Gasteiger partial charge on any atom is -0.315 e. The monoisotopic (exact) mass is 317 g/mol. The van der Waals surface area contributed by atoms with Crippen LogP contribution in [0.25, 0.3) is 0 Å². The number of para-hydroxylation sites is 1. The second-order valence-corrected chi connectivity index (χ2v) is 6.93. The largest absolute Gasteiger partial charge is 0.324 e. The minimum absolute atomic E-state index is 0.0684. The second-order valence-electron chi connectivity index (χ2n) is 5.07. The molecule has 0 aromatic heterocycles. The fourth-order valence-corrected chi connectivity index (χ4v) is 4.28. The quantitative estimate of drug-likeness (QED) is 0.670. The van der Waals surface area contributed by atoms with Crippen LogP contribution in [0.15, 0.2) is 23.1 Å². The molecule has 0 saturated carbocycles. The van der Waals surface area contributed by atoms with Crippen molar-refractivity contribution in [2.24, 2.45) is 11.7 Å². The molecule has 2 N–H and O–H groups in total. The molecule has 0 spiro atoms. The highest BCUT2D eigenvalue weighted by molar-refractivity contribution is 7.89. The van der Waals surface area contributed by atoms with Gasteiger partial charge in [-0.15, -0.1) is 0 Å². The van der Waals surface area contributed by atoms with E-state index in [0.29, 0.717) is 6.42 Å². The smallest absolute Gasteiger partial charge is 0.315 e. The Kier molecular flexibility index (Phi) is 4.26. The molecule has 1 fully saturated rings. The lowest BCUT2D eigenvalue weighted by atomic mass is 9.99. The van der Waals surface area contributed by atoms with Crippen LogP contribution in [0.4, 0.5) is 10.1 Å². The van der Waals surface area contributed by atoms with Gasteiger partial charge in [0.15, 0.2) is 4.90 Å². The first-order valence-corrected chi connectivity index (χ1v) is 7.91. The first-order valence-electron chi connectivity index (χ1n) is 6.47. The van der Waals surface area contributed by atoms with E-state index < -0.39 is 37.5 Å². The maximum atomic E-state index is 13.6. The predicted octanol–water partition coefficient (Wildman–Crippen LogP) is 1.44. The van der Waals surface area contributed by atoms with E-state index in [9.17, 15) is 22.9 Å². The van der Waals surface area contributed by atoms with E-state index in [1.807, 2.05) is 6.92 Å². The van der Waals surface area contributed by atoms with Crippen molar-refractivity contribution < 1.29 is 17.7 Å². The first-order chi connectivity index (χ1) is 9.76. The number of nitro groups is 1. The van der Waals surface area contributed by atoms with Gasteiger partial charge in [0, 0.05) is 6.54 Å². The third kappa shape index (κ3) is 2.76. The average molecular weight is 317 g/mol. The Hall–Kier alpha value is -1.58. The minimum atomic E-state index is -4.22. The fourth-order valence-electron chi connectivity index (χ4n) is 2.46. The van der Waals surface area contributed by atoms with Crippen molar-refractivity contribution in [1.29, 1.82) is 0 Å². The normalized spacial score (nSPS) is 24.0. The molecule has 1 aliphatic rings. The van der Waals surface area contributed by atoms with Crippen molar-refractivity contribution in [2.75, 3.05) is 6.54 Å². The van der Waals surface area contributed by atoms with Gasteiger partial charge in [-0.2, -0.15) is 8.70 Å². The van der Waals surface area contributed by atoms with E-state index in [4.69, 9.17) is 5.73 Å². The summed E-state index contributed by atoms with van der Waals surface area (Å²) in [5.41, 5.74) is 4.85. The van der Waals surface area contributed by atoms with Gasteiger partial charge in [-0.05, 0) is 30.9 Å².